The third kappa shape index (κ3) is 7.39. The third-order valence-electron chi connectivity index (χ3n) is 7.64. The Labute approximate surface area is 249 Å². The number of carbonyl (C=O) groups is 1. The molecule has 43 heavy (non-hydrogen) atoms. The molecule has 2 aliphatic rings. The van der Waals surface area contributed by atoms with Gasteiger partial charge in [-0.3, -0.25) is 4.90 Å². The van der Waals surface area contributed by atoms with E-state index in [1.54, 1.807) is 4.90 Å². The average Bonchev–Trinajstić information content (AvgIpc) is 3.57. The van der Waals surface area contributed by atoms with Crippen molar-refractivity contribution in [3.05, 3.63) is 46.6 Å². The van der Waals surface area contributed by atoms with Crippen LogP contribution in [0.25, 0.3) is 11.3 Å². The fourth-order valence-electron chi connectivity index (χ4n) is 5.29. The minimum atomic E-state index is -4.74. The number of aromatic nitrogens is 3. The smallest absolute Gasteiger partial charge is 0.416 e. The molecule has 1 atom stereocenters. The predicted molar refractivity (Wildman–Crippen MR) is 150 cm³/mol. The first-order valence-corrected chi connectivity index (χ1v) is 14.7. The largest absolute Gasteiger partial charge is 0.467 e. The molecule has 0 saturated carbocycles. The highest BCUT2D eigenvalue weighted by molar-refractivity contribution is 7.16. The summed E-state index contributed by atoms with van der Waals surface area (Å²) < 4.78 is 80.6. The summed E-state index contributed by atoms with van der Waals surface area (Å²) in [6.45, 7) is 3.99. The molecule has 2 fully saturated rings. The first-order chi connectivity index (χ1) is 20.5. The molecule has 0 spiro atoms. The summed E-state index contributed by atoms with van der Waals surface area (Å²) in [6.07, 6.45) is -0.632. The molecule has 2 aromatic heterocycles. The van der Waals surface area contributed by atoms with Crippen LogP contribution in [0, 0.1) is 11.6 Å². The van der Waals surface area contributed by atoms with Crippen LogP contribution in [0.4, 0.5) is 38.7 Å². The van der Waals surface area contributed by atoms with Crippen molar-refractivity contribution in [3.63, 3.8) is 0 Å². The van der Waals surface area contributed by atoms with E-state index in [0.717, 1.165) is 42.9 Å². The summed E-state index contributed by atoms with van der Waals surface area (Å²) in [7, 11) is 1.28. The van der Waals surface area contributed by atoms with Gasteiger partial charge in [-0.25, -0.2) is 24.1 Å². The lowest BCUT2D eigenvalue weighted by atomic mass is 10.1. The molecule has 15 heteroatoms. The van der Waals surface area contributed by atoms with Gasteiger partial charge >= 0.3 is 12.1 Å². The molecular formula is C28H31F5N6O3S. The Morgan fingerprint density at radius 3 is 2.56 bits per heavy atom. The molecule has 5 rings (SSSR count). The maximum Gasteiger partial charge on any atom is 0.416 e. The molecule has 2 saturated heterocycles. The van der Waals surface area contributed by atoms with Gasteiger partial charge in [0.05, 0.1) is 24.5 Å². The summed E-state index contributed by atoms with van der Waals surface area (Å²) in [5, 5.41) is 3.07. The number of esters is 1. The summed E-state index contributed by atoms with van der Waals surface area (Å²) in [4.78, 5) is 28.6. The lowest BCUT2D eigenvalue weighted by molar-refractivity contribution is -0.148. The number of likely N-dealkylation sites (tertiary alicyclic amines) is 1. The molecule has 2 aliphatic heterocycles. The van der Waals surface area contributed by atoms with Crippen LogP contribution in [0.15, 0.2) is 24.5 Å². The number of piperidine rings is 1. The van der Waals surface area contributed by atoms with E-state index in [9.17, 15) is 22.4 Å². The van der Waals surface area contributed by atoms with Crippen molar-refractivity contribution in [2.75, 3.05) is 43.6 Å². The standard InChI is InChI=1S/C28H31F5N6O3S/c1-16-4-3-7-39(16)13-21-24(17-10-18(28(31,32)33)12-19(29)11-17)36-27(43-21)37-25-23(30)26(35-15-34-25)38-8-5-20(6-9-38)42-14-22(40)41-2/h10-12,15-16,20H,3-9,13-14H2,1-2H3,(H,34,35,36,37)/t16-/m1/s1. The van der Waals surface area contributed by atoms with E-state index in [1.807, 2.05) is 0 Å². The van der Waals surface area contributed by atoms with Crippen LogP contribution in [-0.4, -0.2) is 71.3 Å². The van der Waals surface area contributed by atoms with Crippen LogP contribution < -0.4 is 10.2 Å². The maximum atomic E-state index is 15.7. The molecular weight excluding hydrogens is 595 g/mol. The molecule has 0 aliphatic carbocycles. The number of nitrogens with one attached hydrogen (secondary N) is 1. The van der Waals surface area contributed by atoms with Crippen LogP contribution in [0.2, 0.25) is 0 Å². The highest BCUT2D eigenvalue weighted by atomic mass is 32.1. The van der Waals surface area contributed by atoms with E-state index in [-0.39, 0.29) is 46.8 Å². The molecule has 3 aromatic rings. The van der Waals surface area contributed by atoms with Crippen LogP contribution in [0.5, 0.6) is 0 Å². The Morgan fingerprint density at radius 2 is 1.88 bits per heavy atom. The number of nitrogens with zero attached hydrogens (tertiary/aromatic N) is 5. The van der Waals surface area contributed by atoms with Gasteiger partial charge < -0.3 is 19.7 Å². The number of anilines is 3. The van der Waals surface area contributed by atoms with Crippen molar-refractivity contribution in [1.82, 2.24) is 19.9 Å². The van der Waals surface area contributed by atoms with Crippen LogP contribution in [0.3, 0.4) is 0 Å². The molecule has 0 bridgehead atoms. The second-order valence-electron chi connectivity index (χ2n) is 10.5. The zero-order valence-electron chi connectivity index (χ0n) is 23.6. The predicted octanol–water partition coefficient (Wildman–Crippen LogP) is 5.78. The Bertz CT molecular complexity index is 1450. The van der Waals surface area contributed by atoms with Gasteiger partial charge in [-0.1, -0.05) is 11.3 Å². The summed E-state index contributed by atoms with van der Waals surface area (Å²) in [5.74, 6) is -2.29. The zero-order chi connectivity index (χ0) is 30.7. The van der Waals surface area contributed by atoms with Gasteiger partial charge in [0.15, 0.2) is 16.8 Å². The van der Waals surface area contributed by atoms with Gasteiger partial charge in [-0.15, -0.1) is 0 Å². The first-order valence-electron chi connectivity index (χ1n) is 13.8. The molecule has 4 heterocycles. The second-order valence-corrected chi connectivity index (χ2v) is 11.6. The quantitative estimate of drug-likeness (QED) is 0.234. The number of ether oxygens (including phenoxy) is 2. The van der Waals surface area contributed by atoms with Crippen molar-refractivity contribution in [3.8, 4) is 11.3 Å². The topological polar surface area (TPSA) is 92.7 Å². The van der Waals surface area contributed by atoms with Crippen LogP contribution in [-0.2, 0) is 27.0 Å². The van der Waals surface area contributed by atoms with E-state index in [2.05, 4.69) is 36.8 Å². The fourth-order valence-corrected chi connectivity index (χ4v) is 6.30. The number of methoxy groups -OCH3 is 1. The first kappa shape index (κ1) is 31.0. The monoisotopic (exact) mass is 626 g/mol. The number of hydrogen-bond donors (Lipinski definition) is 1. The Kier molecular flexibility index (Phi) is 9.42. The lowest BCUT2D eigenvalue weighted by Crippen LogP contribution is -2.38. The minimum absolute atomic E-state index is 0.0142. The van der Waals surface area contributed by atoms with Crippen molar-refractivity contribution in [2.24, 2.45) is 0 Å². The number of thiazole rings is 1. The maximum absolute atomic E-state index is 15.7. The molecule has 232 valence electrons. The fraction of sp³-hybridized carbons (Fsp3) is 0.500. The highest BCUT2D eigenvalue weighted by Crippen LogP contribution is 2.39. The van der Waals surface area contributed by atoms with Crippen LogP contribution in [0.1, 0.15) is 43.0 Å². The normalized spacial score (nSPS) is 18.3. The lowest BCUT2D eigenvalue weighted by Gasteiger charge is -2.32. The van der Waals surface area contributed by atoms with Gasteiger partial charge in [0.1, 0.15) is 18.8 Å². The number of halogens is 5. The van der Waals surface area contributed by atoms with E-state index in [4.69, 9.17) is 4.74 Å². The average molecular weight is 627 g/mol. The number of carbonyl (C=O) groups excluding carboxylic acids is 1. The molecule has 9 nitrogen and oxygen atoms in total. The molecule has 1 N–H and O–H groups in total. The van der Waals surface area contributed by atoms with Gasteiger partial charge in [0.2, 0.25) is 5.82 Å². The number of hydrogen-bond acceptors (Lipinski definition) is 10. The molecule has 0 radical (unpaired) electrons. The zero-order valence-corrected chi connectivity index (χ0v) is 24.4. The minimum Gasteiger partial charge on any atom is -0.467 e. The summed E-state index contributed by atoms with van der Waals surface area (Å²) in [6, 6.07) is 2.61. The van der Waals surface area contributed by atoms with Crippen LogP contribution >= 0.6 is 11.3 Å². The van der Waals surface area contributed by atoms with Gasteiger partial charge in [0.25, 0.3) is 0 Å². The van der Waals surface area contributed by atoms with E-state index < -0.39 is 29.3 Å². The molecule has 0 unspecified atom stereocenters. The number of benzene rings is 1. The molecule has 0 amide bonds. The van der Waals surface area contributed by atoms with Gasteiger partial charge in [-0.05, 0) is 57.4 Å². The van der Waals surface area contributed by atoms with E-state index in [1.165, 1.54) is 13.4 Å². The van der Waals surface area contributed by atoms with Crippen molar-refractivity contribution in [1.29, 1.82) is 0 Å². The SMILES string of the molecule is COC(=O)COC1CCN(c2ncnc(Nc3nc(-c4cc(F)cc(C(F)(F)F)c4)c(CN4CCC[C@H]4C)s3)c2F)CC1. The Morgan fingerprint density at radius 1 is 1.12 bits per heavy atom. The summed E-state index contributed by atoms with van der Waals surface area (Å²) >= 11 is 1.15. The Hall–Kier alpha value is -3.43. The number of alkyl halides is 3. The second kappa shape index (κ2) is 13.1. The summed E-state index contributed by atoms with van der Waals surface area (Å²) in [5.41, 5.74) is -0.934. The highest BCUT2D eigenvalue weighted by Gasteiger charge is 2.33. The third-order valence-corrected chi connectivity index (χ3v) is 8.59. The Balaban J connectivity index is 1.38. The number of rotatable bonds is 9. The van der Waals surface area contributed by atoms with Crippen molar-refractivity contribution < 1.29 is 36.2 Å². The van der Waals surface area contributed by atoms with Gasteiger partial charge in [-0.2, -0.15) is 17.6 Å². The van der Waals surface area contributed by atoms with E-state index >= 15 is 4.39 Å². The van der Waals surface area contributed by atoms with Gasteiger partial charge in [0, 0.05) is 36.1 Å². The van der Waals surface area contributed by atoms with Crippen molar-refractivity contribution >= 4 is 34.1 Å². The van der Waals surface area contributed by atoms with E-state index in [0.29, 0.717) is 43.4 Å². The molecule has 1 aromatic carbocycles. The van der Waals surface area contributed by atoms with Crippen molar-refractivity contribution in [2.45, 2.75) is 57.5 Å².